The van der Waals surface area contributed by atoms with Crippen LogP contribution in [0.1, 0.15) is 51.3 Å². The minimum atomic E-state index is 0.104. The predicted molar refractivity (Wildman–Crippen MR) is 95.4 cm³/mol. The first-order valence-electron chi connectivity index (χ1n) is 7.17. The summed E-state index contributed by atoms with van der Waals surface area (Å²) in [5.41, 5.74) is 7.49. The highest BCUT2D eigenvalue weighted by molar-refractivity contribution is 14.1. The Morgan fingerprint density at radius 1 is 0.850 bits per heavy atom. The van der Waals surface area contributed by atoms with E-state index in [4.69, 9.17) is 0 Å². The monoisotopic (exact) mass is 376 g/mol. The Hall–Kier alpha value is -0.830. The van der Waals surface area contributed by atoms with Crippen LogP contribution in [-0.4, -0.2) is 0 Å². The van der Waals surface area contributed by atoms with Gasteiger partial charge in [-0.2, -0.15) is 0 Å². The van der Waals surface area contributed by atoms with Crippen LogP contribution in [0.25, 0.3) is 11.1 Å². The average Bonchev–Trinajstić information content (AvgIpc) is 2.57. The van der Waals surface area contributed by atoms with E-state index in [1.807, 2.05) is 0 Å². The van der Waals surface area contributed by atoms with E-state index in [2.05, 4.69) is 93.6 Å². The fourth-order valence-corrected chi connectivity index (χ4v) is 3.67. The van der Waals surface area contributed by atoms with E-state index < -0.39 is 0 Å². The number of rotatable bonds is 0. The van der Waals surface area contributed by atoms with Crippen LogP contribution < -0.4 is 0 Å². The third-order valence-corrected chi connectivity index (χ3v) is 5.18. The van der Waals surface area contributed by atoms with Crippen LogP contribution in [0.15, 0.2) is 36.4 Å². The van der Waals surface area contributed by atoms with Crippen molar-refractivity contribution in [2.75, 3.05) is 0 Å². The van der Waals surface area contributed by atoms with Crippen LogP contribution in [0, 0.1) is 3.57 Å². The molecule has 0 aliphatic heterocycles. The van der Waals surface area contributed by atoms with Gasteiger partial charge in [0.05, 0.1) is 0 Å². The van der Waals surface area contributed by atoms with Gasteiger partial charge < -0.3 is 0 Å². The summed E-state index contributed by atoms with van der Waals surface area (Å²) in [6, 6.07) is 13.9. The minimum Gasteiger partial charge on any atom is -0.0579 e. The molecule has 0 bridgehead atoms. The molecule has 0 atom stereocenters. The number of benzene rings is 2. The first-order chi connectivity index (χ1) is 9.21. The summed E-state index contributed by atoms with van der Waals surface area (Å²) in [5.74, 6) is 0. The second-order valence-corrected chi connectivity index (χ2v) is 8.57. The molecule has 3 rings (SSSR count). The smallest absolute Gasteiger partial charge is 0.0159 e. The van der Waals surface area contributed by atoms with Gasteiger partial charge in [0.15, 0.2) is 0 Å². The number of fused-ring (bicyclic) bond motifs is 3. The summed E-state index contributed by atoms with van der Waals surface area (Å²) in [6.45, 7) is 11.5. The summed E-state index contributed by atoms with van der Waals surface area (Å²) in [5, 5.41) is 0. The minimum absolute atomic E-state index is 0.104. The van der Waals surface area contributed by atoms with Crippen molar-refractivity contribution >= 4 is 22.6 Å². The lowest BCUT2D eigenvalue weighted by atomic mass is 9.79. The first-order valence-corrected chi connectivity index (χ1v) is 8.24. The maximum absolute atomic E-state index is 2.42. The average molecular weight is 376 g/mol. The van der Waals surface area contributed by atoms with E-state index in [-0.39, 0.29) is 10.8 Å². The summed E-state index contributed by atoms with van der Waals surface area (Å²) >= 11 is 2.41. The number of halogens is 1. The van der Waals surface area contributed by atoms with Gasteiger partial charge in [-0.05, 0) is 68.0 Å². The Labute approximate surface area is 135 Å². The summed E-state index contributed by atoms with van der Waals surface area (Å²) in [6.07, 6.45) is 0. The Morgan fingerprint density at radius 2 is 1.40 bits per heavy atom. The van der Waals surface area contributed by atoms with Gasteiger partial charge in [0.1, 0.15) is 0 Å². The molecule has 0 radical (unpaired) electrons. The van der Waals surface area contributed by atoms with Crippen molar-refractivity contribution in [3.05, 3.63) is 56.7 Å². The van der Waals surface area contributed by atoms with Crippen LogP contribution >= 0.6 is 22.6 Å². The number of hydrogen-bond donors (Lipinski definition) is 0. The largest absolute Gasteiger partial charge is 0.0579 e. The molecular weight excluding hydrogens is 355 g/mol. The van der Waals surface area contributed by atoms with Crippen LogP contribution in [0.5, 0.6) is 0 Å². The normalized spacial score (nSPS) is 15.9. The Bertz CT molecular complexity index is 687. The highest BCUT2D eigenvalue weighted by Gasteiger charge is 2.36. The van der Waals surface area contributed by atoms with Crippen LogP contribution in [0.4, 0.5) is 0 Å². The van der Waals surface area contributed by atoms with Crippen molar-refractivity contribution < 1.29 is 0 Å². The van der Waals surface area contributed by atoms with E-state index in [0.29, 0.717) is 0 Å². The molecule has 0 N–H and O–H groups in total. The molecule has 2 aromatic rings. The van der Waals surface area contributed by atoms with Gasteiger partial charge in [0.2, 0.25) is 0 Å². The molecule has 0 heterocycles. The quantitative estimate of drug-likeness (QED) is 0.503. The molecule has 0 fully saturated rings. The molecule has 1 aliphatic carbocycles. The van der Waals surface area contributed by atoms with E-state index >= 15 is 0 Å². The highest BCUT2D eigenvalue weighted by Crippen LogP contribution is 2.49. The molecular formula is C19H21I. The van der Waals surface area contributed by atoms with Crippen molar-refractivity contribution in [2.24, 2.45) is 0 Å². The van der Waals surface area contributed by atoms with Crippen molar-refractivity contribution in [1.82, 2.24) is 0 Å². The van der Waals surface area contributed by atoms with Gasteiger partial charge in [-0.25, -0.2) is 0 Å². The molecule has 104 valence electrons. The fraction of sp³-hybridized carbons (Fsp3) is 0.368. The molecule has 1 aliphatic rings. The highest BCUT2D eigenvalue weighted by atomic mass is 127. The maximum Gasteiger partial charge on any atom is 0.0159 e. The van der Waals surface area contributed by atoms with Crippen LogP contribution in [0.2, 0.25) is 0 Å². The second kappa shape index (κ2) is 4.33. The molecule has 2 aromatic carbocycles. The maximum atomic E-state index is 2.42. The van der Waals surface area contributed by atoms with Crippen molar-refractivity contribution in [3.63, 3.8) is 0 Å². The zero-order valence-corrected chi connectivity index (χ0v) is 15.0. The van der Waals surface area contributed by atoms with E-state index in [1.54, 1.807) is 0 Å². The predicted octanol–water partition coefficient (Wildman–Crippen LogP) is 5.90. The lowest BCUT2D eigenvalue weighted by molar-refractivity contribution is 0.584. The molecule has 0 amide bonds. The Kier molecular flexibility index (Phi) is 3.06. The zero-order valence-electron chi connectivity index (χ0n) is 12.8. The summed E-state index contributed by atoms with van der Waals surface area (Å²) < 4.78 is 1.32. The topological polar surface area (TPSA) is 0 Å². The van der Waals surface area contributed by atoms with E-state index in [1.165, 1.54) is 31.4 Å². The van der Waals surface area contributed by atoms with Gasteiger partial charge >= 0.3 is 0 Å². The van der Waals surface area contributed by atoms with Gasteiger partial charge in [0.25, 0.3) is 0 Å². The molecule has 0 saturated heterocycles. The lowest BCUT2D eigenvalue weighted by Crippen LogP contribution is -2.17. The van der Waals surface area contributed by atoms with Crippen LogP contribution in [0.3, 0.4) is 0 Å². The first kappa shape index (κ1) is 14.1. The van der Waals surface area contributed by atoms with Gasteiger partial charge in [-0.1, -0.05) is 58.9 Å². The molecule has 0 aromatic heterocycles. The van der Waals surface area contributed by atoms with Crippen LogP contribution in [-0.2, 0) is 10.8 Å². The molecule has 0 saturated carbocycles. The zero-order chi connectivity index (χ0) is 14.7. The SMILES string of the molecule is CC(C)(C)c1ccc2c(c1)C(C)(C)c1cc(I)ccc1-2. The van der Waals surface area contributed by atoms with Crippen molar-refractivity contribution in [1.29, 1.82) is 0 Å². The second-order valence-electron chi connectivity index (χ2n) is 7.33. The Morgan fingerprint density at radius 3 is 2.00 bits per heavy atom. The Balaban J connectivity index is 2.27. The fourth-order valence-electron chi connectivity index (χ4n) is 3.18. The number of hydrogen-bond acceptors (Lipinski definition) is 0. The summed E-state index contributed by atoms with van der Waals surface area (Å²) in [4.78, 5) is 0. The molecule has 0 unspecified atom stereocenters. The molecule has 0 spiro atoms. The van der Waals surface area contributed by atoms with Gasteiger partial charge in [0, 0.05) is 8.99 Å². The molecule has 20 heavy (non-hydrogen) atoms. The molecule has 1 heteroatoms. The molecule has 0 nitrogen and oxygen atoms in total. The van der Waals surface area contributed by atoms with Crippen molar-refractivity contribution in [3.8, 4) is 11.1 Å². The van der Waals surface area contributed by atoms with Gasteiger partial charge in [-0.3, -0.25) is 0 Å². The lowest BCUT2D eigenvalue weighted by Gasteiger charge is -2.25. The van der Waals surface area contributed by atoms with E-state index in [9.17, 15) is 0 Å². The standard InChI is InChI=1S/C19H21I/c1-18(2,3)12-6-8-14-15-9-7-13(20)11-17(15)19(4,5)16(14)10-12/h6-11H,1-5H3. The van der Waals surface area contributed by atoms with E-state index in [0.717, 1.165) is 0 Å². The third kappa shape index (κ3) is 2.02. The summed E-state index contributed by atoms with van der Waals surface area (Å²) in [7, 11) is 0. The third-order valence-electron chi connectivity index (χ3n) is 4.50. The van der Waals surface area contributed by atoms with Crippen molar-refractivity contribution in [2.45, 2.75) is 45.4 Å². The van der Waals surface area contributed by atoms with Gasteiger partial charge in [-0.15, -0.1) is 0 Å².